The van der Waals surface area contributed by atoms with Crippen LogP contribution in [0.25, 0.3) is 0 Å². The van der Waals surface area contributed by atoms with Crippen molar-refractivity contribution in [1.29, 1.82) is 5.26 Å². The summed E-state index contributed by atoms with van der Waals surface area (Å²) < 4.78 is 17.9. The first-order valence-electron chi connectivity index (χ1n) is 4.56. The fourth-order valence-electron chi connectivity index (χ4n) is 1.16. The number of esters is 1. The van der Waals surface area contributed by atoms with E-state index in [1.165, 1.54) is 6.07 Å². The number of benzene rings is 1. The number of nitriles is 1. The average molecular weight is 238 g/mol. The molecule has 7 heteroatoms. The molecule has 1 aromatic rings. The molecule has 0 aliphatic carbocycles. The molecule has 0 aromatic heterocycles. The predicted octanol–water partition coefficient (Wildman–Crippen LogP) is 1.78. The zero-order valence-corrected chi connectivity index (χ0v) is 8.77. The van der Waals surface area contributed by atoms with Crippen LogP contribution in [-0.4, -0.2) is 17.5 Å². The number of carbonyl (C=O) groups is 1. The molecule has 1 rings (SSSR count). The fraction of sp³-hybridized carbons (Fsp3) is 0.200. The Morgan fingerprint density at radius 3 is 2.76 bits per heavy atom. The number of hydrogen-bond acceptors (Lipinski definition) is 5. The summed E-state index contributed by atoms with van der Waals surface area (Å²) in [4.78, 5) is 20.8. The highest BCUT2D eigenvalue weighted by atomic mass is 19.1. The van der Waals surface area contributed by atoms with Crippen LogP contribution < -0.4 is 0 Å². The van der Waals surface area contributed by atoms with Gasteiger partial charge in [0.15, 0.2) is 0 Å². The molecular formula is C10H7FN2O4. The highest BCUT2D eigenvalue weighted by Gasteiger charge is 2.22. The molecule has 0 heterocycles. The lowest BCUT2D eigenvalue weighted by molar-refractivity contribution is -0.387. The number of nitro benzene ring substituents is 1. The summed E-state index contributed by atoms with van der Waals surface area (Å²) in [5.74, 6) is -2.10. The third kappa shape index (κ3) is 2.55. The topological polar surface area (TPSA) is 93.2 Å². The Morgan fingerprint density at radius 1 is 1.65 bits per heavy atom. The van der Waals surface area contributed by atoms with Gasteiger partial charge < -0.3 is 4.74 Å². The van der Waals surface area contributed by atoms with Gasteiger partial charge in [-0.3, -0.25) is 10.1 Å². The average Bonchev–Trinajstić information content (AvgIpc) is 2.29. The van der Waals surface area contributed by atoms with Gasteiger partial charge in [0.2, 0.25) is 5.82 Å². The van der Waals surface area contributed by atoms with Crippen LogP contribution in [-0.2, 0) is 4.74 Å². The number of hydrogen-bond donors (Lipinski definition) is 0. The third-order valence-electron chi connectivity index (χ3n) is 1.88. The largest absolute Gasteiger partial charge is 0.462 e. The van der Waals surface area contributed by atoms with Crippen LogP contribution in [0.15, 0.2) is 12.1 Å². The van der Waals surface area contributed by atoms with Crippen LogP contribution in [0.4, 0.5) is 10.1 Å². The fourth-order valence-corrected chi connectivity index (χ4v) is 1.16. The van der Waals surface area contributed by atoms with Crippen molar-refractivity contribution >= 4 is 11.7 Å². The molecule has 17 heavy (non-hydrogen) atoms. The summed E-state index contributed by atoms with van der Waals surface area (Å²) >= 11 is 0. The summed E-state index contributed by atoms with van der Waals surface area (Å²) in [6.45, 7) is 1.63. The van der Waals surface area contributed by atoms with Gasteiger partial charge >= 0.3 is 11.7 Å². The van der Waals surface area contributed by atoms with Gasteiger partial charge in [0.05, 0.1) is 22.7 Å². The first-order chi connectivity index (χ1) is 8.01. The lowest BCUT2D eigenvalue weighted by Gasteiger charge is -2.03. The van der Waals surface area contributed by atoms with E-state index in [9.17, 15) is 19.3 Å². The summed E-state index contributed by atoms with van der Waals surface area (Å²) in [6.07, 6.45) is 0. The Kier molecular flexibility index (Phi) is 3.72. The number of nitro groups is 1. The predicted molar refractivity (Wildman–Crippen MR) is 53.7 cm³/mol. The molecule has 0 fully saturated rings. The molecule has 0 atom stereocenters. The molecule has 0 aliphatic rings. The van der Waals surface area contributed by atoms with Gasteiger partial charge in [-0.2, -0.15) is 9.65 Å². The monoisotopic (exact) mass is 238 g/mol. The molecule has 0 aliphatic heterocycles. The van der Waals surface area contributed by atoms with Gasteiger partial charge in [0.1, 0.15) is 6.07 Å². The van der Waals surface area contributed by atoms with Crippen molar-refractivity contribution in [3.8, 4) is 6.07 Å². The highest BCUT2D eigenvalue weighted by Crippen LogP contribution is 2.23. The first kappa shape index (κ1) is 12.6. The zero-order chi connectivity index (χ0) is 13.0. The van der Waals surface area contributed by atoms with Crippen molar-refractivity contribution < 1.29 is 18.8 Å². The van der Waals surface area contributed by atoms with Crippen molar-refractivity contribution in [2.45, 2.75) is 6.92 Å². The quantitative estimate of drug-likeness (QED) is 0.454. The van der Waals surface area contributed by atoms with E-state index in [4.69, 9.17) is 5.26 Å². The molecule has 0 bridgehead atoms. The number of halogens is 1. The Morgan fingerprint density at radius 2 is 2.29 bits per heavy atom. The molecule has 0 saturated heterocycles. The van der Waals surface area contributed by atoms with Gasteiger partial charge in [-0.25, -0.2) is 4.79 Å². The number of rotatable bonds is 3. The van der Waals surface area contributed by atoms with Crippen LogP contribution in [0.2, 0.25) is 0 Å². The molecule has 6 nitrogen and oxygen atoms in total. The van der Waals surface area contributed by atoms with Crippen LogP contribution in [0, 0.1) is 27.3 Å². The van der Waals surface area contributed by atoms with Crippen molar-refractivity contribution in [1.82, 2.24) is 0 Å². The van der Waals surface area contributed by atoms with Gasteiger partial charge in [-0.15, -0.1) is 0 Å². The minimum absolute atomic E-state index is 0.0753. The molecule has 0 unspecified atom stereocenters. The molecular weight excluding hydrogens is 231 g/mol. The van der Waals surface area contributed by atoms with Crippen LogP contribution in [0.3, 0.4) is 0 Å². The van der Waals surface area contributed by atoms with Crippen molar-refractivity contribution in [2.75, 3.05) is 6.61 Å². The molecule has 88 valence electrons. The molecule has 0 amide bonds. The van der Waals surface area contributed by atoms with E-state index in [1.54, 1.807) is 6.92 Å². The maximum atomic E-state index is 13.3. The third-order valence-corrected chi connectivity index (χ3v) is 1.88. The lowest BCUT2D eigenvalue weighted by atomic mass is 10.1. The second-order valence-electron chi connectivity index (χ2n) is 2.95. The Balaban J connectivity index is 3.36. The second-order valence-corrected chi connectivity index (χ2v) is 2.95. The number of carbonyl (C=O) groups excluding carboxylic acids is 1. The Hall–Kier alpha value is -2.49. The molecule has 0 saturated carbocycles. The lowest BCUT2D eigenvalue weighted by Crippen LogP contribution is -2.07. The molecule has 0 radical (unpaired) electrons. The van der Waals surface area contributed by atoms with Crippen molar-refractivity contribution in [2.24, 2.45) is 0 Å². The summed E-state index contributed by atoms with van der Waals surface area (Å²) in [5.41, 5.74) is -1.72. The van der Waals surface area contributed by atoms with Gasteiger partial charge in [-0.05, 0) is 13.0 Å². The summed E-state index contributed by atoms with van der Waals surface area (Å²) in [7, 11) is 0. The maximum Gasteiger partial charge on any atom is 0.338 e. The Bertz CT molecular complexity index is 522. The SMILES string of the molecule is CCOC(=O)c1cc(C#N)c(F)c([N+](=O)[O-])c1. The van der Waals surface area contributed by atoms with Crippen LogP contribution in [0.5, 0.6) is 0 Å². The van der Waals surface area contributed by atoms with E-state index in [2.05, 4.69) is 4.74 Å². The van der Waals surface area contributed by atoms with Gasteiger partial charge in [0, 0.05) is 6.07 Å². The highest BCUT2D eigenvalue weighted by molar-refractivity contribution is 5.90. The van der Waals surface area contributed by atoms with E-state index in [-0.39, 0.29) is 12.2 Å². The second kappa shape index (κ2) is 5.03. The molecule has 0 spiro atoms. The zero-order valence-electron chi connectivity index (χ0n) is 8.77. The van der Waals surface area contributed by atoms with Gasteiger partial charge in [0.25, 0.3) is 0 Å². The smallest absolute Gasteiger partial charge is 0.338 e. The minimum Gasteiger partial charge on any atom is -0.462 e. The normalized spacial score (nSPS) is 9.47. The van der Waals surface area contributed by atoms with E-state index < -0.39 is 28.0 Å². The van der Waals surface area contributed by atoms with E-state index in [1.807, 2.05) is 0 Å². The van der Waals surface area contributed by atoms with Gasteiger partial charge in [-0.1, -0.05) is 0 Å². The summed E-state index contributed by atoms with van der Waals surface area (Å²) in [5, 5.41) is 19.1. The summed E-state index contributed by atoms with van der Waals surface area (Å²) in [6, 6.07) is 3.10. The maximum absolute atomic E-state index is 13.3. The molecule has 1 aromatic carbocycles. The van der Waals surface area contributed by atoms with E-state index in [0.717, 1.165) is 12.1 Å². The van der Waals surface area contributed by atoms with E-state index >= 15 is 0 Å². The number of nitrogens with zero attached hydrogens (tertiary/aromatic N) is 2. The number of ether oxygens (including phenoxy) is 1. The van der Waals surface area contributed by atoms with E-state index in [0.29, 0.717) is 0 Å². The Labute approximate surface area is 95.4 Å². The standard InChI is InChI=1S/C10H7FN2O4/c1-2-17-10(14)6-3-7(5-12)9(11)8(4-6)13(15)16/h3-4H,2H2,1H3. The van der Waals surface area contributed by atoms with Crippen LogP contribution >= 0.6 is 0 Å². The van der Waals surface area contributed by atoms with Crippen molar-refractivity contribution in [3.05, 3.63) is 39.2 Å². The first-order valence-corrected chi connectivity index (χ1v) is 4.56. The van der Waals surface area contributed by atoms with Crippen molar-refractivity contribution in [3.63, 3.8) is 0 Å². The van der Waals surface area contributed by atoms with Crippen LogP contribution in [0.1, 0.15) is 22.8 Å². The molecule has 0 N–H and O–H groups in total. The minimum atomic E-state index is -1.26.